The van der Waals surface area contributed by atoms with Gasteiger partial charge in [0.1, 0.15) is 11.8 Å². The number of rotatable bonds is 6. The van der Waals surface area contributed by atoms with E-state index in [0.717, 1.165) is 5.56 Å². The maximum Gasteiger partial charge on any atom is 0.268 e. The highest BCUT2D eigenvalue weighted by molar-refractivity contribution is 5.93. The van der Waals surface area contributed by atoms with E-state index < -0.39 is 0 Å². The van der Waals surface area contributed by atoms with Gasteiger partial charge in [0.2, 0.25) is 0 Å². The Morgan fingerprint density at radius 1 is 1.41 bits per heavy atom. The molecule has 1 aromatic carbocycles. The number of hydrogen-bond acceptors (Lipinski definition) is 3. The molecule has 1 unspecified atom stereocenters. The molecule has 2 aromatic rings. The molecule has 0 radical (unpaired) electrons. The third kappa shape index (κ3) is 3.74. The normalized spacial score (nSPS) is 11.7. The number of amides is 1. The Balaban J connectivity index is 2.17. The van der Waals surface area contributed by atoms with E-state index in [1.165, 1.54) is 0 Å². The van der Waals surface area contributed by atoms with Crippen LogP contribution in [0.2, 0.25) is 0 Å². The van der Waals surface area contributed by atoms with Crippen molar-refractivity contribution in [1.82, 2.24) is 9.88 Å². The lowest BCUT2D eigenvalue weighted by atomic mass is 10.0. The number of nitrogens with zero attached hydrogens (tertiary/aromatic N) is 2. The van der Waals surface area contributed by atoms with Crippen LogP contribution in [0.25, 0.3) is 0 Å². The zero-order valence-electron chi connectivity index (χ0n) is 12.5. The summed E-state index contributed by atoms with van der Waals surface area (Å²) >= 11 is 0. The van der Waals surface area contributed by atoms with Crippen molar-refractivity contribution in [2.75, 3.05) is 6.61 Å². The molecule has 0 saturated carbocycles. The molecule has 0 aliphatic carbocycles. The monoisotopic (exact) mass is 297 g/mol. The summed E-state index contributed by atoms with van der Waals surface area (Å²) in [7, 11) is 1.74. The number of aryl methyl sites for hydroxylation is 1. The fourth-order valence-electron chi connectivity index (χ4n) is 2.39. The van der Waals surface area contributed by atoms with E-state index in [1.54, 1.807) is 23.9 Å². The smallest absolute Gasteiger partial charge is 0.268 e. The number of benzene rings is 1. The fraction of sp³-hybridized carbons (Fsp3) is 0.294. The van der Waals surface area contributed by atoms with E-state index >= 15 is 0 Å². The van der Waals surface area contributed by atoms with Gasteiger partial charge in [-0.1, -0.05) is 30.3 Å². The van der Waals surface area contributed by atoms with E-state index in [1.807, 2.05) is 36.4 Å². The Kier molecular flexibility index (Phi) is 5.34. The molecule has 2 rings (SSSR count). The molecule has 0 fully saturated rings. The Morgan fingerprint density at radius 3 is 2.73 bits per heavy atom. The zero-order chi connectivity index (χ0) is 15.9. The van der Waals surface area contributed by atoms with Gasteiger partial charge in [-0.25, -0.2) is 0 Å². The highest BCUT2D eigenvalue weighted by Gasteiger charge is 2.18. The molecule has 1 atom stereocenters. The Morgan fingerprint density at radius 2 is 2.14 bits per heavy atom. The standard InChI is InChI=1S/C17H19N3O2/c1-20-12-13(11-18)10-16(20)17(22)19-15(8-5-9-21)14-6-3-2-4-7-14/h2-4,6-7,10,12,15,21H,5,8-9H2,1H3,(H,19,22). The maximum absolute atomic E-state index is 12.4. The van der Waals surface area contributed by atoms with Crippen LogP contribution in [0.1, 0.15) is 40.5 Å². The molecule has 5 nitrogen and oxygen atoms in total. The quantitative estimate of drug-likeness (QED) is 0.857. The number of aliphatic hydroxyl groups excluding tert-OH is 1. The van der Waals surface area contributed by atoms with Gasteiger partial charge in [0.15, 0.2) is 0 Å². The molecule has 5 heteroatoms. The zero-order valence-corrected chi connectivity index (χ0v) is 12.5. The fourth-order valence-corrected chi connectivity index (χ4v) is 2.39. The van der Waals surface area contributed by atoms with E-state index in [0.29, 0.717) is 24.1 Å². The molecule has 0 saturated heterocycles. The van der Waals surface area contributed by atoms with Crippen LogP contribution in [0.15, 0.2) is 42.6 Å². The number of aromatic nitrogens is 1. The summed E-state index contributed by atoms with van der Waals surface area (Å²) in [6.45, 7) is 0.0853. The minimum Gasteiger partial charge on any atom is -0.396 e. The number of carbonyl (C=O) groups excluding carboxylic acids is 1. The Hall–Kier alpha value is -2.58. The lowest BCUT2D eigenvalue weighted by molar-refractivity contribution is 0.0924. The van der Waals surface area contributed by atoms with Crippen LogP contribution < -0.4 is 5.32 Å². The topological polar surface area (TPSA) is 78.0 Å². The minimum absolute atomic E-state index is 0.0853. The second-order valence-electron chi connectivity index (χ2n) is 5.14. The average molecular weight is 297 g/mol. The van der Waals surface area contributed by atoms with E-state index in [-0.39, 0.29) is 18.6 Å². The molecule has 1 aromatic heterocycles. The summed E-state index contributed by atoms with van der Waals surface area (Å²) in [5, 5.41) is 20.9. The molecule has 1 heterocycles. The second-order valence-corrected chi connectivity index (χ2v) is 5.14. The summed E-state index contributed by atoms with van der Waals surface area (Å²) in [6.07, 6.45) is 2.89. The van der Waals surface area contributed by atoms with Crippen molar-refractivity contribution in [2.24, 2.45) is 7.05 Å². The first-order valence-electron chi connectivity index (χ1n) is 7.19. The largest absolute Gasteiger partial charge is 0.396 e. The van der Waals surface area contributed by atoms with Gasteiger partial charge < -0.3 is 15.0 Å². The molecular formula is C17H19N3O2. The van der Waals surface area contributed by atoms with Gasteiger partial charge >= 0.3 is 0 Å². The molecule has 0 aliphatic rings. The number of nitriles is 1. The van der Waals surface area contributed by atoms with Crippen molar-refractivity contribution in [2.45, 2.75) is 18.9 Å². The van der Waals surface area contributed by atoms with Gasteiger partial charge in [-0.3, -0.25) is 4.79 Å². The summed E-state index contributed by atoms with van der Waals surface area (Å²) in [4.78, 5) is 12.4. The molecular weight excluding hydrogens is 278 g/mol. The van der Waals surface area contributed by atoms with Crippen LogP contribution in [-0.2, 0) is 7.05 Å². The maximum atomic E-state index is 12.4. The number of carbonyl (C=O) groups is 1. The molecule has 0 spiro atoms. The van der Waals surface area contributed by atoms with Crippen LogP contribution in [-0.4, -0.2) is 22.2 Å². The van der Waals surface area contributed by atoms with Crippen LogP contribution in [0, 0.1) is 11.3 Å². The van der Waals surface area contributed by atoms with E-state index in [9.17, 15) is 4.79 Å². The van der Waals surface area contributed by atoms with Gasteiger partial charge in [0, 0.05) is 19.9 Å². The van der Waals surface area contributed by atoms with Crippen molar-refractivity contribution in [3.8, 4) is 6.07 Å². The first-order chi connectivity index (χ1) is 10.7. The highest BCUT2D eigenvalue weighted by atomic mass is 16.3. The number of nitrogens with one attached hydrogen (secondary N) is 1. The summed E-state index contributed by atoms with van der Waals surface area (Å²) in [5.74, 6) is -0.226. The summed E-state index contributed by atoms with van der Waals surface area (Å²) in [6, 6.07) is 13.1. The lowest BCUT2D eigenvalue weighted by Gasteiger charge is -2.19. The molecule has 114 valence electrons. The first kappa shape index (κ1) is 15.8. The van der Waals surface area contributed by atoms with E-state index in [2.05, 4.69) is 5.32 Å². The Labute approximate surface area is 129 Å². The highest BCUT2D eigenvalue weighted by Crippen LogP contribution is 2.19. The molecule has 22 heavy (non-hydrogen) atoms. The van der Waals surface area contributed by atoms with Crippen LogP contribution in [0.3, 0.4) is 0 Å². The molecule has 0 aliphatic heterocycles. The van der Waals surface area contributed by atoms with Crippen LogP contribution in [0.4, 0.5) is 0 Å². The first-order valence-corrected chi connectivity index (χ1v) is 7.19. The van der Waals surface area contributed by atoms with Crippen LogP contribution >= 0.6 is 0 Å². The average Bonchev–Trinajstić information content (AvgIpc) is 2.93. The van der Waals surface area contributed by atoms with Gasteiger partial charge in [-0.05, 0) is 24.5 Å². The van der Waals surface area contributed by atoms with Crippen molar-refractivity contribution in [1.29, 1.82) is 5.26 Å². The van der Waals surface area contributed by atoms with Gasteiger partial charge in [0.25, 0.3) is 5.91 Å². The third-order valence-corrected chi connectivity index (χ3v) is 3.52. The Bertz CT molecular complexity index is 671. The summed E-state index contributed by atoms with van der Waals surface area (Å²) < 4.78 is 1.64. The van der Waals surface area contributed by atoms with Crippen molar-refractivity contribution in [3.63, 3.8) is 0 Å². The minimum atomic E-state index is -0.226. The molecule has 0 bridgehead atoms. The van der Waals surface area contributed by atoms with Gasteiger partial charge in [0.05, 0.1) is 11.6 Å². The van der Waals surface area contributed by atoms with E-state index in [4.69, 9.17) is 10.4 Å². The van der Waals surface area contributed by atoms with Gasteiger partial charge in [-0.15, -0.1) is 0 Å². The molecule has 1 amide bonds. The van der Waals surface area contributed by atoms with Crippen molar-refractivity contribution >= 4 is 5.91 Å². The van der Waals surface area contributed by atoms with Gasteiger partial charge in [-0.2, -0.15) is 5.26 Å². The van der Waals surface area contributed by atoms with Crippen molar-refractivity contribution in [3.05, 3.63) is 59.4 Å². The number of aliphatic hydroxyl groups is 1. The third-order valence-electron chi connectivity index (χ3n) is 3.52. The SMILES string of the molecule is Cn1cc(C#N)cc1C(=O)NC(CCCO)c1ccccc1. The lowest BCUT2D eigenvalue weighted by Crippen LogP contribution is -2.30. The predicted octanol–water partition coefficient (Wildman–Crippen LogP) is 2.14. The van der Waals surface area contributed by atoms with Crippen molar-refractivity contribution < 1.29 is 9.90 Å². The second kappa shape index (κ2) is 7.43. The number of hydrogen-bond donors (Lipinski definition) is 2. The molecule has 2 N–H and O–H groups in total. The van der Waals surface area contributed by atoms with Crippen LogP contribution in [0.5, 0.6) is 0 Å². The summed E-state index contributed by atoms with van der Waals surface area (Å²) in [5.41, 5.74) is 1.90. The predicted molar refractivity (Wildman–Crippen MR) is 83.1 cm³/mol.